The molecular formula is C13H16O2S. The summed E-state index contributed by atoms with van der Waals surface area (Å²) in [7, 11) is 0. The number of benzene rings is 1. The molecule has 2 atom stereocenters. The summed E-state index contributed by atoms with van der Waals surface area (Å²) in [6.45, 7) is 1.77. The van der Waals surface area contributed by atoms with Gasteiger partial charge in [0.15, 0.2) is 0 Å². The second-order valence-corrected chi connectivity index (χ2v) is 5.40. The number of hydrogen-bond acceptors (Lipinski definition) is 2. The quantitative estimate of drug-likeness (QED) is 0.876. The van der Waals surface area contributed by atoms with Gasteiger partial charge < -0.3 is 5.11 Å². The van der Waals surface area contributed by atoms with Gasteiger partial charge in [0.1, 0.15) is 0 Å². The molecule has 0 bridgehead atoms. The molecule has 0 aliphatic carbocycles. The SMILES string of the molecule is CC(C(=O)O)c1ccccc1C1CCSC1. The number of carboxylic acids is 1. The van der Waals surface area contributed by atoms with Crippen LogP contribution in [0.2, 0.25) is 0 Å². The van der Waals surface area contributed by atoms with Crippen LogP contribution in [0.15, 0.2) is 24.3 Å². The summed E-state index contributed by atoms with van der Waals surface area (Å²) in [5.74, 6) is 1.73. The highest BCUT2D eigenvalue weighted by Crippen LogP contribution is 2.36. The van der Waals surface area contributed by atoms with Crippen LogP contribution in [0.3, 0.4) is 0 Å². The van der Waals surface area contributed by atoms with Gasteiger partial charge >= 0.3 is 5.97 Å². The first kappa shape index (κ1) is 11.5. The summed E-state index contributed by atoms with van der Waals surface area (Å²) in [6.07, 6.45) is 1.17. The molecule has 0 spiro atoms. The number of rotatable bonds is 3. The molecular weight excluding hydrogens is 220 g/mol. The Morgan fingerprint density at radius 1 is 1.50 bits per heavy atom. The van der Waals surface area contributed by atoms with Gasteiger partial charge in [-0.05, 0) is 36.1 Å². The van der Waals surface area contributed by atoms with Crippen LogP contribution in [0.1, 0.15) is 36.3 Å². The Balaban J connectivity index is 2.33. The van der Waals surface area contributed by atoms with Crippen molar-refractivity contribution in [2.24, 2.45) is 0 Å². The third-order valence-corrected chi connectivity index (χ3v) is 4.36. The zero-order valence-corrected chi connectivity index (χ0v) is 10.2. The van der Waals surface area contributed by atoms with Gasteiger partial charge in [-0.2, -0.15) is 11.8 Å². The van der Waals surface area contributed by atoms with Gasteiger partial charge in [-0.25, -0.2) is 0 Å². The normalized spacial score (nSPS) is 21.9. The van der Waals surface area contributed by atoms with Crippen molar-refractivity contribution in [2.45, 2.75) is 25.2 Å². The fourth-order valence-corrected chi connectivity index (χ4v) is 3.44. The molecule has 1 saturated heterocycles. The van der Waals surface area contributed by atoms with E-state index in [1.165, 1.54) is 17.7 Å². The van der Waals surface area contributed by atoms with Crippen LogP contribution < -0.4 is 0 Å². The molecule has 1 heterocycles. The topological polar surface area (TPSA) is 37.3 Å². The molecule has 2 nitrogen and oxygen atoms in total. The predicted molar refractivity (Wildman–Crippen MR) is 67.2 cm³/mol. The van der Waals surface area contributed by atoms with Crippen LogP contribution in [0.5, 0.6) is 0 Å². The Labute approximate surface area is 100 Å². The minimum Gasteiger partial charge on any atom is -0.481 e. The molecule has 0 aromatic heterocycles. The summed E-state index contributed by atoms with van der Waals surface area (Å²) in [4.78, 5) is 11.1. The van der Waals surface area contributed by atoms with E-state index in [0.29, 0.717) is 5.92 Å². The van der Waals surface area contributed by atoms with E-state index in [-0.39, 0.29) is 0 Å². The van der Waals surface area contributed by atoms with Gasteiger partial charge in [0.05, 0.1) is 5.92 Å². The zero-order valence-electron chi connectivity index (χ0n) is 9.35. The Bertz CT molecular complexity index is 383. The molecule has 3 heteroatoms. The van der Waals surface area contributed by atoms with Crippen molar-refractivity contribution in [1.29, 1.82) is 0 Å². The molecule has 1 aromatic rings. The number of carbonyl (C=O) groups is 1. The third-order valence-electron chi connectivity index (χ3n) is 3.20. The highest BCUT2D eigenvalue weighted by molar-refractivity contribution is 7.99. The molecule has 1 fully saturated rings. The van der Waals surface area contributed by atoms with Crippen molar-refractivity contribution in [3.63, 3.8) is 0 Å². The Morgan fingerprint density at radius 2 is 2.25 bits per heavy atom. The second-order valence-electron chi connectivity index (χ2n) is 4.25. The predicted octanol–water partition coefficient (Wildman–Crippen LogP) is 3.10. The van der Waals surface area contributed by atoms with E-state index in [1.807, 2.05) is 30.0 Å². The van der Waals surface area contributed by atoms with Crippen LogP contribution >= 0.6 is 11.8 Å². The van der Waals surface area contributed by atoms with Crippen LogP contribution in [-0.4, -0.2) is 22.6 Å². The summed E-state index contributed by atoms with van der Waals surface area (Å²) in [5.41, 5.74) is 2.23. The first-order valence-corrected chi connectivity index (χ1v) is 6.75. The first-order chi connectivity index (χ1) is 7.70. The standard InChI is InChI=1S/C13H16O2S/c1-9(13(14)15)11-4-2-3-5-12(11)10-6-7-16-8-10/h2-5,9-10H,6-8H2,1H3,(H,14,15). The third kappa shape index (κ3) is 2.24. The lowest BCUT2D eigenvalue weighted by Crippen LogP contribution is -2.12. The lowest BCUT2D eigenvalue weighted by molar-refractivity contribution is -0.138. The number of aliphatic carboxylic acids is 1. The highest BCUT2D eigenvalue weighted by Gasteiger charge is 2.24. The van der Waals surface area contributed by atoms with Crippen molar-refractivity contribution >= 4 is 17.7 Å². The van der Waals surface area contributed by atoms with Crippen molar-refractivity contribution in [2.75, 3.05) is 11.5 Å². The molecule has 0 amide bonds. The van der Waals surface area contributed by atoms with Gasteiger partial charge in [-0.3, -0.25) is 4.79 Å². The lowest BCUT2D eigenvalue weighted by atomic mass is 9.88. The van der Waals surface area contributed by atoms with E-state index in [1.54, 1.807) is 6.92 Å². The maximum atomic E-state index is 11.1. The van der Waals surface area contributed by atoms with Crippen molar-refractivity contribution in [3.8, 4) is 0 Å². The molecule has 1 aromatic carbocycles. The monoisotopic (exact) mass is 236 g/mol. The van der Waals surface area contributed by atoms with Crippen molar-refractivity contribution < 1.29 is 9.90 Å². The highest BCUT2D eigenvalue weighted by atomic mass is 32.2. The Morgan fingerprint density at radius 3 is 2.88 bits per heavy atom. The van der Waals surface area contributed by atoms with Gasteiger partial charge in [0.2, 0.25) is 0 Å². The zero-order chi connectivity index (χ0) is 11.5. The smallest absolute Gasteiger partial charge is 0.310 e. The lowest BCUT2D eigenvalue weighted by Gasteiger charge is -2.17. The first-order valence-electron chi connectivity index (χ1n) is 5.59. The second kappa shape index (κ2) is 4.91. The average molecular weight is 236 g/mol. The average Bonchev–Trinajstić information content (AvgIpc) is 2.81. The van der Waals surface area contributed by atoms with Crippen molar-refractivity contribution in [1.82, 2.24) is 0 Å². The summed E-state index contributed by atoms with van der Waals surface area (Å²) >= 11 is 1.96. The molecule has 0 radical (unpaired) electrons. The van der Waals surface area contributed by atoms with E-state index in [9.17, 15) is 4.79 Å². The minimum atomic E-state index is -0.738. The van der Waals surface area contributed by atoms with E-state index in [2.05, 4.69) is 6.07 Å². The van der Waals surface area contributed by atoms with E-state index >= 15 is 0 Å². The van der Waals surface area contributed by atoms with Gasteiger partial charge in [-0.15, -0.1) is 0 Å². The molecule has 16 heavy (non-hydrogen) atoms. The van der Waals surface area contributed by atoms with E-state index < -0.39 is 11.9 Å². The molecule has 2 rings (SSSR count). The van der Waals surface area contributed by atoms with E-state index in [0.717, 1.165) is 11.3 Å². The maximum absolute atomic E-state index is 11.1. The largest absolute Gasteiger partial charge is 0.481 e. The number of thioether (sulfide) groups is 1. The maximum Gasteiger partial charge on any atom is 0.310 e. The summed E-state index contributed by atoms with van der Waals surface area (Å²) in [6, 6.07) is 7.99. The number of carboxylic acid groups (broad SMARTS) is 1. The Hall–Kier alpha value is -0.960. The van der Waals surface area contributed by atoms with Gasteiger partial charge in [0.25, 0.3) is 0 Å². The fourth-order valence-electron chi connectivity index (χ4n) is 2.19. The van der Waals surface area contributed by atoms with Crippen molar-refractivity contribution in [3.05, 3.63) is 35.4 Å². The molecule has 1 aliphatic heterocycles. The molecule has 0 saturated carbocycles. The number of hydrogen-bond donors (Lipinski definition) is 1. The molecule has 2 unspecified atom stereocenters. The Kier molecular flexibility index (Phi) is 3.54. The van der Waals surface area contributed by atoms with Crippen LogP contribution in [0.4, 0.5) is 0 Å². The molecule has 1 aliphatic rings. The fraction of sp³-hybridized carbons (Fsp3) is 0.462. The van der Waals surface area contributed by atoms with Crippen LogP contribution in [-0.2, 0) is 4.79 Å². The van der Waals surface area contributed by atoms with Crippen LogP contribution in [0.25, 0.3) is 0 Å². The van der Waals surface area contributed by atoms with E-state index in [4.69, 9.17) is 5.11 Å². The minimum absolute atomic E-state index is 0.401. The summed E-state index contributed by atoms with van der Waals surface area (Å²) in [5, 5.41) is 9.10. The molecule has 86 valence electrons. The molecule has 1 N–H and O–H groups in total. The van der Waals surface area contributed by atoms with Crippen LogP contribution in [0, 0.1) is 0 Å². The van der Waals surface area contributed by atoms with Gasteiger partial charge in [0, 0.05) is 5.75 Å². The summed E-state index contributed by atoms with van der Waals surface area (Å²) < 4.78 is 0. The van der Waals surface area contributed by atoms with Gasteiger partial charge in [-0.1, -0.05) is 24.3 Å².